The number of hydrogen-bond donors (Lipinski definition) is 1. The molecule has 0 spiro atoms. The average Bonchev–Trinajstić information content (AvgIpc) is 2.36. The Labute approximate surface area is 114 Å². The molecule has 0 aromatic heterocycles. The highest BCUT2D eigenvalue weighted by atomic mass is 32.1. The maximum atomic E-state index is 11.9. The lowest BCUT2D eigenvalue weighted by Gasteiger charge is -2.36. The van der Waals surface area contributed by atoms with E-state index in [1.54, 1.807) is 4.90 Å². The van der Waals surface area contributed by atoms with Crippen LogP contribution in [0.5, 0.6) is 0 Å². The SMILES string of the molecule is C[C@@]1(S)CCCN(C(=O)OCc2ccccc2)C1. The molecule has 1 heterocycles. The first-order chi connectivity index (χ1) is 8.57. The second kappa shape index (κ2) is 5.65. The molecule has 0 radical (unpaired) electrons. The number of carbonyl (C=O) groups is 1. The van der Waals surface area contributed by atoms with Crippen LogP contribution in [0.3, 0.4) is 0 Å². The maximum absolute atomic E-state index is 11.9. The molecule has 4 heteroatoms. The Bertz CT molecular complexity index is 406. The van der Waals surface area contributed by atoms with Gasteiger partial charge < -0.3 is 9.64 Å². The van der Waals surface area contributed by atoms with Gasteiger partial charge in [0.1, 0.15) is 6.61 Å². The van der Waals surface area contributed by atoms with Gasteiger partial charge in [0.05, 0.1) is 0 Å². The predicted molar refractivity (Wildman–Crippen MR) is 74.8 cm³/mol. The smallest absolute Gasteiger partial charge is 0.410 e. The number of rotatable bonds is 2. The molecule has 3 nitrogen and oxygen atoms in total. The van der Waals surface area contributed by atoms with E-state index in [0.717, 1.165) is 24.9 Å². The zero-order valence-corrected chi connectivity index (χ0v) is 11.5. The summed E-state index contributed by atoms with van der Waals surface area (Å²) in [7, 11) is 0. The molecule has 2 rings (SSSR count). The minimum absolute atomic E-state index is 0.0932. The first kappa shape index (κ1) is 13.3. The van der Waals surface area contributed by atoms with Gasteiger partial charge >= 0.3 is 6.09 Å². The van der Waals surface area contributed by atoms with Gasteiger partial charge in [0.2, 0.25) is 0 Å². The lowest BCUT2D eigenvalue weighted by atomic mass is 10.00. The van der Waals surface area contributed by atoms with Crippen molar-refractivity contribution in [2.24, 2.45) is 0 Å². The molecule has 0 bridgehead atoms. The standard InChI is InChI=1S/C14H19NO2S/c1-14(18)8-5-9-15(11-14)13(16)17-10-12-6-3-2-4-7-12/h2-4,6-7,18H,5,8-11H2,1H3/t14-/m1/s1. The van der Waals surface area contributed by atoms with Crippen molar-refractivity contribution in [1.82, 2.24) is 4.90 Å². The van der Waals surface area contributed by atoms with Gasteiger partial charge in [0.25, 0.3) is 0 Å². The maximum Gasteiger partial charge on any atom is 0.410 e. The topological polar surface area (TPSA) is 29.5 Å². The third kappa shape index (κ3) is 3.67. The number of nitrogens with zero attached hydrogens (tertiary/aromatic N) is 1. The molecule has 0 unspecified atom stereocenters. The first-order valence-corrected chi connectivity index (χ1v) is 6.70. The third-order valence-corrected chi connectivity index (χ3v) is 3.50. The summed E-state index contributed by atoms with van der Waals surface area (Å²) in [5.41, 5.74) is 1.01. The monoisotopic (exact) mass is 265 g/mol. The third-order valence-electron chi connectivity index (χ3n) is 3.14. The number of amides is 1. The fourth-order valence-electron chi connectivity index (χ4n) is 2.19. The van der Waals surface area contributed by atoms with Crippen LogP contribution < -0.4 is 0 Å². The normalized spacial score (nSPS) is 23.8. The van der Waals surface area contributed by atoms with Gasteiger partial charge in [-0.3, -0.25) is 0 Å². The number of thiol groups is 1. The van der Waals surface area contributed by atoms with Crippen molar-refractivity contribution in [3.63, 3.8) is 0 Å². The highest BCUT2D eigenvalue weighted by Gasteiger charge is 2.30. The molecule has 1 aliphatic heterocycles. The number of carbonyl (C=O) groups excluding carboxylic acids is 1. The largest absolute Gasteiger partial charge is 0.445 e. The van der Waals surface area contributed by atoms with E-state index in [-0.39, 0.29) is 10.8 Å². The van der Waals surface area contributed by atoms with Crippen LogP contribution >= 0.6 is 12.6 Å². The van der Waals surface area contributed by atoms with E-state index in [1.165, 1.54) is 0 Å². The Morgan fingerprint density at radius 1 is 1.44 bits per heavy atom. The molecule has 1 fully saturated rings. The lowest BCUT2D eigenvalue weighted by Crippen LogP contribution is -2.46. The van der Waals surface area contributed by atoms with E-state index in [1.807, 2.05) is 30.3 Å². The highest BCUT2D eigenvalue weighted by Crippen LogP contribution is 2.27. The van der Waals surface area contributed by atoms with Crippen molar-refractivity contribution >= 4 is 18.7 Å². The van der Waals surface area contributed by atoms with Crippen molar-refractivity contribution in [3.8, 4) is 0 Å². The van der Waals surface area contributed by atoms with E-state index in [0.29, 0.717) is 13.2 Å². The minimum atomic E-state index is -0.237. The van der Waals surface area contributed by atoms with Crippen LogP contribution in [0.15, 0.2) is 30.3 Å². The van der Waals surface area contributed by atoms with Gasteiger partial charge in [0.15, 0.2) is 0 Å². The van der Waals surface area contributed by atoms with Gasteiger partial charge in [-0.1, -0.05) is 30.3 Å². The van der Waals surface area contributed by atoms with Crippen LogP contribution in [0.1, 0.15) is 25.3 Å². The number of benzene rings is 1. The Balaban J connectivity index is 1.85. The summed E-state index contributed by atoms with van der Waals surface area (Å²) in [6.45, 7) is 3.82. The molecule has 1 aromatic rings. The molecule has 0 saturated carbocycles. The highest BCUT2D eigenvalue weighted by molar-refractivity contribution is 7.81. The average molecular weight is 265 g/mol. The van der Waals surface area contributed by atoms with Crippen LogP contribution in [-0.4, -0.2) is 28.8 Å². The Morgan fingerprint density at radius 3 is 2.83 bits per heavy atom. The van der Waals surface area contributed by atoms with Crippen molar-refractivity contribution in [3.05, 3.63) is 35.9 Å². The van der Waals surface area contributed by atoms with Crippen molar-refractivity contribution < 1.29 is 9.53 Å². The van der Waals surface area contributed by atoms with Crippen LogP contribution in [0.25, 0.3) is 0 Å². The molecule has 0 N–H and O–H groups in total. The summed E-state index contributed by atoms with van der Waals surface area (Å²) < 4.78 is 5.22. The summed E-state index contributed by atoms with van der Waals surface area (Å²) in [6.07, 6.45) is 1.79. The quantitative estimate of drug-likeness (QED) is 0.833. The van der Waals surface area contributed by atoms with Gasteiger partial charge in [-0.15, -0.1) is 0 Å². The van der Waals surface area contributed by atoms with E-state index in [4.69, 9.17) is 4.74 Å². The van der Waals surface area contributed by atoms with Crippen LogP contribution in [-0.2, 0) is 11.3 Å². The van der Waals surface area contributed by atoms with E-state index in [9.17, 15) is 4.79 Å². The van der Waals surface area contributed by atoms with Gasteiger partial charge in [-0.05, 0) is 25.3 Å². The minimum Gasteiger partial charge on any atom is -0.445 e. The summed E-state index contributed by atoms with van der Waals surface area (Å²) >= 11 is 4.56. The first-order valence-electron chi connectivity index (χ1n) is 6.25. The van der Waals surface area contributed by atoms with Crippen molar-refractivity contribution in [2.45, 2.75) is 31.1 Å². The number of ether oxygens (including phenoxy) is 1. The molecule has 1 amide bonds. The molecule has 1 aromatic carbocycles. The lowest BCUT2D eigenvalue weighted by molar-refractivity contribution is 0.0847. The molecule has 1 saturated heterocycles. The van der Waals surface area contributed by atoms with E-state index < -0.39 is 0 Å². The van der Waals surface area contributed by atoms with Gasteiger partial charge in [0, 0.05) is 17.8 Å². The summed E-state index contributed by atoms with van der Waals surface area (Å²) in [5, 5.41) is 0. The van der Waals surface area contributed by atoms with E-state index >= 15 is 0 Å². The molecular formula is C14H19NO2S. The molecule has 1 aliphatic rings. The van der Waals surface area contributed by atoms with Crippen molar-refractivity contribution in [2.75, 3.05) is 13.1 Å². The Morgan fingerprint density at radius 2 is 2.17 bits per heavy atom. The van der Waals surface area contributed by atoms with Gasteiger partial charge in [-0.2, -0.15) is 12.6 Å². The Hall–Kier alpha value is -1.16. The molecule has 1 atom stereocenters. The Kier molecular flexibility index (Phi) is 4.17. The fourth-order valence-corrected chi connectivity index (χ4v) is 2.52. The fraction of sp³-hybridized carbons (Fsp3) is 0.500. The summed E-state index contributed by atoms with van der Waals surface area (Å²) in [4.78, 5) is 13.7. The second-order valence-electron chi connectivity index (χ2n) is 5.06. The zero-order chi connectivity index (χ0) is 13.0. The number of piperidine rings is 1. The second-order valence-corrected chi connectivity index (χ2v) is 6.14. The van der Waals surface area contributed by atoms with Gasteiger partial charge in [-0.25, -0.2) is 4.79 Å². The zero-order valence-electron chi connectivity index (χ0n) is 10.6. The molecular weight excluding hydrogens is 246 g/mol. The van der Waals surface area contributed by atoms with Crippen LogP contribution in [0.2, 0.25) is 0 Å². The summed E-state index contributed by atoms with van der Waals surface area (Å²) in [5.74, 6) is 0. The number of hydrogen-bond acceptors (Lipinski definition) is 3. The molecule has 98 valence electrons. The van der Waals surface area contributed by atoms with Crippen LogP contribution in [0, 0.1) is 0 Å². The number of likely N-dealkylation sites (tertiary alicyclic amines) is 1. The van der Waals surface area contributed by atoms with Crippen molar-refractivity contribution in [1.29, 1.82) is 0 Å². The van der Waals surface area contributed by atoms with Crippen LogP contribution in [0.4, 0.5) is 4.79 Å². The van der Waals surface area contributed by atoms with E-state index in [2.05, 4.69) is 19.6 Å². The molecule has 0 aliphatic carbocycles. The predicted octanol–water partition coefficient (Wildman–Crippen LogP) is 3.11. The molecule has 18 heavy (non-hydrogen) atoms. The summed E-state index contributed by atoms with van der Waals surface area (Å²) in [6, 6.07) is 9.73.